The Kier molecular flexibility index (Phi) is 3.98. The summed E-state index contributed by atoms with van der Waals surface area (Å²) in [5.74, 6) is -0.502. The summed E-state index contributed by atoms with van der Waals surface area (Å²) in [6, 6.07) is -1.24. The molecular weight excluding hydrogens is 226 g/mol. The van der Waals surface area contributed by atoms with E-state index >= 15 is 0 Å². The quantitative estimate of drug-likeness (QED) is 0.580. The highest BCUT2D eigenvalue weighted by Crippen LogP contribution is 2.31. The maximum absolute atomic E-state index is 11.7. The van der Waals surface area contributed by atoms with Crippen LogP contribution >= 0.6 is 0 Å². The molecule has 98 valence electrons. The van der Waals surface area contributed by atoms with Crippen molar-refractivity contribution in [3.05, 3.63) is 0 Å². The number of hydrogen-bond donors (Lipinski definition) is 1. The molecule has 1 rings (SSSR count). The number of hydrogen-bond acceptors (Lipinski definition) is 5. The molecule has 0 radical (unpaired) electrons. The van der Waals surface area contributed by atoms with Gasteiger partial charge in [-0.25, -0.2) is 9.59 Å². The summed E-state index contributed by atoms with van der Waals surface area (Å²) < 4.78 is 9.93. The SMILES string of the molecule is CCOC(=O)[C@H]1[C@H](CO)N1C(=O)OC(C)(C)C. The molecule has 0 aromatic carbocycles. The Bertz CT molecular complexity index is 309. The van der Waals surface area contributed by atoms with E-state index in [1.165, 1.54) is 4.90 Å². The van der Waals surface area contributed by atoms with Gasteiger partial charge in [0.05, 0.1) is 19.3 Å². The van der Waals surface area contributed by atoms with Crippen molar-refractivity contribution < 1.29 is 24.2 Å². The first-order valence-electron chi connectivity index (χ1n) is 5.60. The van der Waals surface area contributed by atoms with Crippen LogP contribution in [0.3, 0.4) is 0 Å². The van der Waals surface area contributed by atoms with Crippen molar-refractivity contribution in [2.75, 3.05) is 13.2 Å². The molecule has 1 amide bonds. The highest BCUT2D eigenvalue weighted by Gasteiger charge is 2.57. The van der Waals surface area contributed by atoms with Gasteiger partial charge in [-0.2, -0.15) is 0 Å². The van der Waals surface area contributed by atoms with Crippen molar-refractivity contribution in [3.8, 4) is 0 Å². The summed E-state index contributed by atoms with van der Waals surface area (Å²) >= 11 is 0. The number of carbonyl (C=O) groups is 2. The van der Waals surface area contributed by atoms with Crippen LogP contribution < -0.4 is 0 Å². The van der Waals surface area contributed by atoms with E-state index in [9.17, 15) is 9.59 Å². The summed E-state index contributed by atoms with van der Waals surface area (Å²) in [6.45, 7) is 6.87. The van der Waals surface area contributed by atoms with Crippen molar-refractivity contribution in [1.29, 1.82) is 0 Å². The smallest absolute Gasteiger partial charge is 0.411 e. The van der Waals surface area contributed by atoms with Crippen molar-refractivity contribution in [2.45, 2.75) is 45.4 Å². The molecule has 0 aromatic heterocycles. The van der Waals surface area contributed by atoms with Crippen molar-refractivity contribution in [1.82, 2.24) is 4.90 Å². The first kappa shape index (κ1) is 13.8. The van der Waals surface area contributed by atoms with E-state index in [1.54, 1.807) is 27.7 Å². The number of aliphatic hydroxyl groups excluding tert-OH is 1. The summed E-state index contributed by atoms with van der Waals surface area (Å²) in [5, 5.41) is 9.05. The lowest BCUT2D eigenvalue weighted by molar-refractivity contribution is -0.143. The second-order valence-electron chi connectivity index (χ2n) is 4.83. The third kappa shape index (κ3) is 3.33. The Morgan fingerprint density at radius 2 is 1.94 bits per heavy atom. The Morgan fingerprint density at radius 3 is 2.35 bits per heavy atom. The molecule has 1 aliphatic rings. The third-order valence-electron chi connectivity index (χ3n) is 2.25. The molecule has 0 saturated carbocycles. The molecule has 0 unspecified atom stereocenters. The maximum atomic E-state index is 11.7. The molecule has 1 N–H and O–H groups in total. The molecule has 0 aromatic rings. The van der Waals surface area contributed by atoms with Gasteiger partial charge in [0.15, 0.2) is 6.04 Å². The normalized spacial score (nSPS) is 23.2. The summed E-state index contributed by atoms with van der Waals surface area (Å²) in [5.41, 5.74) is -0.626. The molecule has 1 saturated heterocycles. The van der Waals surface area contributed by atoms with E-state index in [1.807, 2.05) is 0 Å². The summed E-state index contributed by atoms with van der Waals surface area (Å²) in [7, 11) is 0. The van der Waals surface area contributed by atoms with Crippen LogP contribution in [0.5, 0.6) is 0 Å². The zero-order valence-corrected chi connectivity index (χ0v) is 10.6. The van der Waals surface area contributed by atoms with E-state index in [0.717, 1.165) is 0 Å². The van der Waals surface area contributed by atoms with Crippen molar-refractivity contribution in [3.63, 3.8) is 0 Å². The minimum Gasteiger partial charge on any atom is -0.464 e. The number of ether oxygens (including phenoxy) is 2. The van der Waals surface area contributed by atoms with E-state index in [-0.39, 0.29) is 13.2 Å². The summed E-state index contributed by atoms with van der Waals surface area (Å²) in [6.07, 6.45) is -0.602. The second kappa shape index (κ2) is 4.91. The molecule has 6 heteroatoms. The van der Waals surface area contributed by atoms with Crippen LogP contribution in [0.25, 0.3) is 0 Å². The number of aliphatic hydroxyl groups is 1. The topological polar surface area (TPSA) is 75.8 Å². The van der Waals surface area contributed by atoms with Crippen LogP contribution in [0.4, 0.5) is 4.79 Å². The average Bonchev–Trinajstić information content (AvgIpc) is 2.89. The third-order valence-corrected chi connectivity index (χ3v) is 2.25. The lowest BCUT2D eigenvalue weighted by atomic mass is 10.2. The van der Waals surface area contributed by atoms with Gasteiger partial charge in [0.25, 0.3) is 0 Å². The minimum atomic E-state index is -0.713. The van der Waals surface area contributed by atoms with Gasteiger partial charge in [0, 0.05) is 0 Å². The van der Waals surface area contributed by atoms with E-state index < -0.39 is 29.7 Å². The highest BCUT2D eigenvalue weighted by atomic mass is 16.6. The van der Waals surface area contributed by atoms with Gasteiger partial charge in [-0.15, -0.1) is 0 Å². The van der Waals surface area contributed by atoms with Crippen LogP contribution in [0.1, 0.15) is 27.7 Å². The van der Waals surface area contributed by atoms with Crippen molar-refractivity contribution in [2.24, 2.45) is 0 Å². The van der Waals surface area contributed by atoms with Crippen LogP contribution in [-0.4, -0.2) is 53.0 Å². The zero-order valence-electron chi connectivity index (χ0n) is 10.6. The average molecular weight is 245 g/mol. The van der Waals surface area contributed by atoms with E-state index in [2.05, 4.69) is 0 Å². The number of amides is 1. The van der Waals surface area contributed by atoms with Crippen molar-refractivity contribution >= 4 is 12.1 Å². The fourth-order valence-corrected chi connectivity index (χ4v) is 1.53. The standard InChI is InChI=1S/C11H19NO5/c1-5-16-9(14)8-7(6-13)12(8)10(15)17-11(2,3)4/h7-8,13H,5-6H2,1-4H3/t7-,8+,12?/m0/s1. The molecule has 1 heterocycles. The first-order chi connectivity index (χ1) is 7.81. The maximum Gasteiger partial charge on any atom is 0.411 e. The Hall–Kier alpha value is -1.30. The van der Waals surface area contributed by atoms with Crippen LogP contribution in [-0.2, 0) is 14.3 Å². The van der Waals surface area contributed by atoms with Gasteiger partial charge >= 0.3 is 12.1 Å². The van der Waals surface area contributed by atoms with E-state index in [0.29, 0.717) is 0 Å². The second-order valence-corrected chi connectivity index (χ2v) is 4.83. The number of esters is 1. The molecule has 17 heavy (non-hydrogen) atoms. The lowest BCUT2D eigenvalue weighted by Crippen LogP contribution is -2.29. The largest absolute Gasteiger partial charge is 0.464 e. The number of rotatable bonds is 3. The monoisotopic (exact) mass is 245 g/mol. The van der Waals surface area contributed by atoms with Gasteiger partial charge in [-0.05, 0) is 27.7 Å². The van der Waals surface area contributed by atoms with E-state index in [4.69, 9.17) is 14.6 Å². The predicted octanol–water partition coefficient (Wildman–Crippen LogP) is 0.530. The summed E-state index contributed by atoms with van der Waals surface area (Å²) in [4.78, 5) is 24.4. The zero-order chi connectivity index (χ0) is 13.2. The van der Waals surface area contributed by atoms with Gasteiger partial charge in [-0.1, -0.05) is 0 Å². The Balaban J connectivity index is 2.60. The molecule has 6 nitrogen and oxygen atoms in total. The Labute approximate surface area is 100 Å². The first-order valence-corrected chi connectivity index (χ1v) is 5.60. The highest BCUT2D eigenvalue weighted by molar-refractivity contribution is 5.88. The molecule has 0 bridgehead atoms. The lowest BCUT2D eigenvalue weighted by Gasteiger charge is -2.20. The van der Waals surface area contributed by atoms with Crippen LogP contribution in [0.15, 0.2) is 0 Å². The molecule has 1 aliphatic heterocycles. The van der Waals surface area contributed by atoms with Crippen LogP contribution in [0.2, 0.25) is 0 Å². The fourth-order valence-electron chi connectivity index (χ4n) is 1.53. The van der Waals surface area contributed by atoms with Crippen LogP contribution in [0, 0.1) is 0 Å². The fraction of sp³-hybridized carbons (Fsp3) is 0.818. The molecule has 0 spiro atoms. The Morgan fingerprint density at radius 1 is 1.35 bits per heavy atom. The van der Waals surface area contributed by atoms with Gasteiger partial charge < -0.3 is 14.6 Å². The van der Waals surface area contributed by atoms with Gasteiger partial charge in [0.2, 0.25) is 0 Å². The molecule has 0 aliphatic carbocycles. The molecule has 2 atom stereocenters. The molecule has 1 fully saturated rings. The van der Waals surface area contributed by atoms with Gasteiger partial charge in [0.1, 0.15) is 5.60 Å². The molecular formula is C11H19NO5. The van der Waals surface area contributed by atoms with Gasteiger partial charge in [-0.3, -0.25) is 4.90 Å². The predicted molar refractivity (Wildman–Crippen MR) is 59.4 cm³/mol. The minimum absolute atomic E-state index is 0.246. The number of nitrogens with zero attached hydrogens (tertiary/aromatic N) is 1. The number of carbonyl (C=O) groups excluding carboxylic acids is 2.